The van der Waals surface area contributed by atoms with Crippen LogP contribution in [0, 0.1) is 3.57 Å². The zero-order chi connectivity index (χ0) is 23.8. The highest BCUT2D eigenvalue weighted by molar-refractivity contribution is 14.1. The molecule has 9 heteroatoms. The number of tetrazole rings is 1. The van der Waals surface area contributed by atoms with Crippen LogP contribution in [0.15, 0.2) is 57.4 Å². The highest BCUT2D eigenvalue weighted by Gasteiger charge is 2.20. The number of hydrogen-bond donors (Lipinski definition) is 1. The lowest BCUT2D eigenvalue weighted by Crippen LogP contribution is -2.13. The first-order chi connectivity index (χ1) is 16.5. The molecule has 1 N–H and O–H groups in total. The van der Waals surface area contributed by atoms with Crippen molar-refractivity contribution in [2.75, 3.05) is 11.9 Å². The summed E-state index contributed by atoms with van der Waals surface area (Å²) >= 11 is 6.21. The summed E-state index contributed by atoms with van der Waals surface area (Å²) in [4.78, 5) is 7.02. The van der Waals surface area contributed by atoms with Gasteiger partial charge in [0.05, 0.1) is 19.4 Å². The Kier molecular flexibility index (Phi) is 6.39. The van der Waals surface area contributed by atoms with E-state index in [0.29, 0.717) is 5.82 Å². The number of nitrogens with one attached hydrogen (secondary N) is 1. The third-order valence-corrected chi connectivity index (χ3v) is 7.84. The maximum atomic E-state index is 6.30. The number of nitrogens with zero attached hydrogens (tertiary/aromatic N) is 5. The fourth-order valence-corrected chi connectivity index (χ4v) is 5.64. The number of aryl methyl sites for hydroxylation is 2. The van der Waals surface area contributed by atoms with Crippen LogP contribution in [0.3, 0.4) is 0 Å². The first kappa shape index (κ1) is 23.0. The van der Waals surface area contributed by atoms with Gasteiger partial charge in [0.15, 0.2) is 0 Å². The molecule has 0 radical (unpaired) electrons. The number of fused-ring (bicyclic) bond motifs is 1. The smallest absolute Gasteiger partial charge is 0.205 e. The van der Waals surface area contributed by atoms with E-state index >= 15 is 0 Å². The molecule has 0 saturated carbocycles. The van der Waals surface area contributed by atoms with Gasteiger partial charge < -0.3 is 9.32 Å². The minimum absolute atomic E-state index is 0.522. The Morgan fingerprint density at radius 1 is 1.06 bits per heavy atom. The van der Waals surface area contributed by atoms with Crippen LogP contribution in [0.4, 0.5) is 11.4 Å². The molecule has 3 heterocycles. The number of aromatic amines is 1. The quantitative estimate of drug-likeness (QED) is 0.205. The van der Waals surface area contributed by atoms with E-state index in [0.717, 1.165) is 67.9 Å². The second-order valence-corrected chi connectivity index (χ2v) is 9.74. The Morgan fingerprint density at radius 3 is 2.56 bits per heavy atom. The van der Waals surface area contributed by atoms with Crippen LogP contribution in [0.5, 0.6) is 0 Å². The number of halogens is 2. The van der Waals surface area contributed by atoms with E-state index in [1.165, 1.54) is 3.57 Å². The molecule has 5 aromatic rings. The van der Waals surface area contributed by atoms with Crippen LogP contribution >= 0.6 is 38.5 Å². The Bertz CT molecular complexity index is 1480. The SMILES string of the molecule is CCc1cc(N(C)c2ccc3oc(-c4ccccc4-c4nn[nH]n4)c(Br)c3c2)c(I)c(CC)n1. The normalized spacial score (nSPS) is 11.3. The van der Waals surface area contributed by atoms with Gasteiger partial charge in [-0.2, -0.15) is 5.21 Å². The Labute approximate surface area is 219 Å². The summed E-state index contributed by atoms with van der Waals surface area (Å²) in [7, 11) is 2.10. The highest BCUT2D eigenvalue weighted by Crippen LogP contribution is 2.42. The lowest BCUT2D eigenvalue weighted by atomic mass is 10.0. The van der Waals surface area contributed by atoms with E-state index in [2.05, 4.69) is 103 Å². The summed E-state index contributed by atoms with van der Waals surface area (Å²) in [6.07, 6.45) is 1.81. The number of furan rings is 1. The lowest BCUT2D eigenvalue weighted by Gasteiger charge is -2.23. The van der Waals surface area contributed by atoms with Crippen molar-refractivity contribution in [1.29, 1.82) is 0 Å². The molecule has 0 fully saturated rings. The minimum atomic E-state index is 0.522. The maximum Gasteiger partial charge on any atom is 0.205 e. The summed E-state index contributed by atoms with van der Waals surface area (Å²) in [5.74, 6) is 1.25. The number of aromatic nitrogens is 5. The first-order valence-electron chi connectivity index (χ1n) is 11.0. The summed E-state index contributed by atoms with van der Waals surface area (Å²) in [6.45, 7) is 4.29. The van der Waals surface area contributed by atoms with E-state index in [9.17, 15) is 0 Å². The Hall–Kier alpha value is -2.79. The van der Waals surface area contributed by atoms with Gasteiger partial charge in [-0.3, -0.25) is 4.98 Å². The van der Waals surface area contributed by atoms with Crippen molar-refractivity contribution in [3.8, 4) is 22.7 Å². The topological polar surface area (TPSA) is 83.7 Å². The molecule has 2 aromatic carbocycles. The molecule has 5 rings (SSSR count). The van der Waals surface area contributed by atoms with Gasteiger partial charge in [-0.15, -0.1) is 10.2 Å². The van der Waals surface area contributed by atoms with Crippen molar-refractivity contribution in [3.63, 3.8) is 0 Å². The van der Waals surface area contributed by atoms with Crippen LogP contribution in [0.25, 0.3) is 33.7 Å². The van der Waals surface area contributed by atoms with Gasteiger partial charge in [-0.25, -0.2) is 0 Å². The van der Waals surface area contributed by atoms with E-state index < -0.39 is 0 Å². The molecule has 0 aliphatic carbocycles. The molecule has 0 amide bonds. The van der Waals surface area contributed by atoms with Crippen molar-refractivity contribution >= 4 is 60.9 Å². The molecular weight excluding hydrogens is 607 g/mol. The first-order valence-corrected chi connectivity index (χ1v) is 12.9. The molecule has 172 valence electrons. The minimum Gasteiger partial charge on any atom is -0.455 e. The third-order valence-electron chi connectivity index (χ3n) is 5.87. The molecule has 0 aliphatic rings. The second-order valence-electron chi connectivity index (χ2n) is 7.87. The Balaban J connectivity index is 1.60. The fraction of sp³-hybridized carbons (Fsp3) is 0.200. The molecule has 3 aromatic heterocycles. The van der Waals surface area contributed by atoms with E-state index in [1.54, 1.807) is 0 Å². The van der Waals surface area contributed by atoms with Crippen molar-refractivity contribution in [1.82, 2.24) is 25.6 Å². The van der Waals surface area contributed by atoms with Crippen molar-refractivity contribution in [3.05, 3.63) is 68.0 Å². The Morgan fingerprint density at radius 2 is 1.85 bits per heavy atom. The number of pyridine rings is 1. The molecule has 0 atom stereocenters. The van der Waals surface area contributed by atoms with Gasteiger partial charge >= 0.3 is 0 Å². The fourth-order valence-electron chi connectivity index (χ4n) is 4.01. The molecule has 0 unspecified atom stereocenters. The molecule has 0 saturated heterocycles. The van der Waals surface area contributed by atoms with Crippen LogP contribution in [0.2, 0.25) is 0 Å². The van der Waals surface area contributed by atoms with Gasteiger partial charge in [0.1, 0.15) is 11.3 Å². The summed E-state index contributed by atoms with van der Waals surface area (Å²) in [6, 6.07) is 16.3. The largest absolute Gasteiger partial charge is 0.455 e. The second kappa shape index (κ2) is 9.46. The van der Waals surface area contributed by atoms with Gasteiger partial charge in [-0.05, 0) is 80.8 Å². The average Bonchev–Trinajstić information content (AvgIpc) is 3.52. The van der Waals surface area contributed by atoms with Gasteiger partial charge in [-0.1, -0.05) is 38.1 Å². The summed E-state index contributed by atoms with van der Waals surface area (Å²) in [5.41, 5.74) is 7.00. The van der Waals surface area contributed by atoms with E-state index in [4.69, 9.17) is 9.40 Å². The van der Waals surface area contributed by atoms with E-state index in [1.807, 2.05) is 30.3 Å². The van der Waals surface area contributed by atoms with Crippen LogP contribution in [0.1, 0.15) is 25.2 Å². The monoisotopic (exact) mass is 628 g/mol. The van der Waals surface area contributed by atoms with Crippen molar-refractivity contribution in [2.24, 2.45) is 0 Å². The number of anilines is 2. The number of H-pyrrole nitrogens is 1. The van der Waals surface area contributed by atoms with Gasteiger partial charge in [0, 0.05) is 34.9 Å². The summed E-state index contributed by atoms with van der Waals surface area (Å²) in [5, 5.41) is 15.5. The molecule has 0 aliphatic heterocycles. The van der Waals surface area contributed by atoms with Crippen molar-refractivity contribution < 1.29 is 4.42 Å². The molecule has 0 spiro atoms. The molecule has 7 nitrogen and oxygen atoms in total. The van der Waals surface area contributed by atoms with E-state index in [-0.39, 0.29) is 0 Å². The predicted molar refractivity (Wildman–Crippen MR) is 146 cm³/mol. The standard InChI is InChI=1S/C25H22BrIN6O/c1-4-14-12-20(23(27)19(5-2)28-14)33(3)15-10-11-21-18(13-15)22(26)24(34-21)16-8-6-7-9-17(16)25-29-31-32-30-25/h6-13H,4-5H2,1-3H3,(H,29,30,31,32). The lowest BCUT2D eigenvalue weighted by molar-refractivity contribution is 0.630. The van der Waals surface area contributed by atoms with Crippen LogP contribution < -0.4 is 4.90 Å². The third kappa shape index (κ3) is 4.00. The van der Waals surface area contributed by atoms with Gasteiger partial charge in [0.25, 0.3) is 0 Å². The van der Waals surface area contributed by atoms with Crippen molar-refractivity contribution in [2.45, 2.75) is 26.7 Å². The average molecular weight is 629 g/mol. The summed E-state index contributed by atoms with van der Waals surface area (Å²) < 4.78 is 8.37. The number of hydrogen-bond acceptors (Lipinski definition) is 6. The van der Waals surface area contributed by atoms with Crippen LogP contribution in [-0.2, 0) is 12.8 Å². The predicted octanol–water partition coefficient (Wildman–Crippen LogP) is 6.93. The molecular formula is C25H22BrIN6O. The zero-order valence-corrected chi connectivity index (χ0v) is 22.7. The van der Waals surface area contributed by atoms with Gasteiger partial charge in [0.2, 0.25) is 5.82 Å². The number of rotatable bonds is 6. The maximum absolute atomic E-state index is 6.30. The molecule has 0 bridgehead atoms. The highest BCUT2D eigenvalue weighted by atomic mass is 127. The molecule has 34 heavy (non-hydrogen) atoms. The zero-order valence-electron chi connectivity index (χ0n) is 18.9. The number of benzene rings is 2. The van der Waals surface area contributed by atoms with Crippen LogP contribution in [-0.4, -0.2) is 32.7 Å².